The Bertz CT molecular complexity index is 527. The Labute approximate surface area is 140 Å². The molecule has 1 fully saturated rings. The fraction of sp³-hybridized carbons (Fsp3) is 0.526. The minimum Gasteiger partial charge on any atom is -0.381 e. The van der Waals surface area contributed by atoms with E-state index in [4.69, 9.17) is 0 Å². The molecule has 1 aliphatic rings. The van der Waals surface area contributed by atoms with Crippen LogP contribution in [0, 0.1) is 5.92 Å². The van der Waals surface area contributed by atoms with Gasteiger partial charge in [-0.25, -0.2) is 0 Å². The second kappa shape index (κ2) is 8.73. The molecule has 0 aromatic heterocycles. The van der Waals surface area contributed by atoms with Gasteiger partial charge in [0, 0.05) is 38.4 Å². The second-order valence-corrected chi connectivity index (χ2v) is 6.56. The lowest BCUT2D eigenvalue weighted by molar-refractivity contribution is 0.0762. The third-order valence-corrected chi connectivity index (χ3v) is 4.09. The van der Waals surface area contributed by atoms with Gasteiger partial charge in [0.15, 0.2) is 0 Å². The van der Waals surface area contributed by atoms with E-state index in [0.717, 1.165) is 50.4 Å². The Kier molecular flexibility index (Phi) is 6.66. The molecule has 23 heavy (non-hydrogen) atoms. The number of amides is 1. The average Bonchev–Trinajstić information content (AvgIpc) is 2.77. The van der Waals surface area contributed by atoms with Gasteiger partial charge in [-0.3, -0.25) is 4.79 Å². The highest BCUT2D eigenvalue weighted by Crippen LogP contribution is 2.18. The molecule has 1 amide bonds. The summed E-state index contributed by atoms with van der Waals surface area (Å²) in [6, 6.07) is 7.74. The Morgan fingerprint density at radius 1 is 1.26 bits per heavy atom. The molecule has 4 nitrogen and oxygen atoms in total. The lowest BCUT2D eigenvalue weighted by Gasteiger charge is -2.24. The van der Waals surface area contributed by atoms with Gasteiger partial charge in [0.1, 0.15) is 0 Å². The van der Waals surface area contributed by atoms with E-state index in [1.807, 2.05) is 29.2 Å². The maximum atomic E-state index is 12.9. The quantitative estimate of drug-likeness (QED) is 0.820. The van der Waals surface area contributed by atoms with Crippen LogP contribution in [-0.4, -0.2) is 55.0 Å². The summed E-state index contributed by atoms with van der Waals surface area (Å²) in [5.41, 5.74) is 1.65. The van der Waals surface area contributed by atoms with Crippen molar-refractivity contribution in [3.05, 3.63) is 42.5 Å². The maximum Gasteiger partial charge on any atom is 0.255 e. The predicted octanol–water partition coefficient (Wildman–Crippen LogP) is 3.09. The monoisotopic (exact) mass is 315 g/mol. The lowest BCUT2D eigenvalue weighted by atomic mass is 10.1. The summed E-state index contributed by atoms with van der Waals surface area (Å²) in [4.78, 5) is 17.4. The molecule has 2 rings (SSSR count). The van der Waals surface area contributed by atoms with Crippen LogP contribution in [0.15, 0.2) is 36.9 Å². The zero-order valence-electron chi connectivity index (χ0n) is 14.4. The van der Waals surface area contributed by atoms with Crippen LogP contribution in [0.5, 0.6) is 0 Å². The number of benzene rings is 1. The zero-order chi connectivity index (χ0) is 16.7. The number of rotatable bonds is 6. The highest BCUT2D eigenvalue weighted by molar-refractivity contribution is 5.99. The summed E-state index contributed by atoms with van der Waals surface area (Å²) < 4.78 is 0. The molecular weight excluding hydrogens is 286 g/mol. The van der Waals surface area contributed by atoms with Gasteiger partial charge in [-0.15, -0.1) is 6.58 Å². The van der Waals surface area contributed by atoms with E-state index in [2.05, 4.69) is 30.6 Å². The van der Waals surface area contributed by atoms with Gasteiger partial charge in [-0.05, 0) is 31.0 Å². The van der Waals surface area contributed by atoms with Crippen molar-refractivity contribution in [1.29, 1.82) is 0 Å². The molecule has 0 spiro atoms. The molecule has 1 saturated heterocycles. The van der Waals surface area contributed by atoms with Crippen LogP contribution in [0.25, 0.3) is 0 Å². The van der Waals surface area contributed by atoms with Gasteiger partial charge >= 0.3 is 0 Å². The molecule has 4 heteroatoms. The molecule has 1 heterocycles. The van der Waals surface area contributed by atoms with Crippen LogP contribution in [0.4, 0.5) is 5.69 Å². The molecule has 0 unspecified atom stereocenters. The largest absolute Gasteiger partial charge is 0.381 e. The number of carbonyl (C=O) groups excluding carboxylic acids is 1. The summed E-state index contributed by atoms with van der Waals surface area (Å²) >= 11 is 0. The normalized spacial score (nSPS) is 16.2. The Morgan fingerprint density at radius 2 is 2.04 bits per heavy atom. The molecule has 0 bridgehead atoms. The lowest BCUT2D eigenvalue weighted by Crippen LogP contribution is -2.36. The van der Waals surface area contributed by atoms with Crippen LogP contribution in [0.3, 0.4) is 0 Å². The van der Waals surface area contributed by atoms with Gasteiger partial charge in [0.05, 0.1) is 5.56 Å². The van der Waals surface area contributed by atoms with E-state index in [1.54, 1.807) is 6.08 Å². The van der Waals surface area contributed by atoms with Gasteiger partial charge in [0.2, 0.25) is 0 Å². The Morgan fingerprint density at radius 3 is 2.78 bits per heavy atom. The molecule has 1 aromatic rings. The number of hydrogen-bond acceptors (Lipinski definition) is 3. The van der Waals surface area contributed by atoms with Crippen LogP contribution in [0.1, 0.15) is 30.6 Å². The van der Waals surface area contributed by atoms with E-state index in [9.17, 15) is 4.79 Å². The molecule has 1 N–H and O–H groups in total. The van der Waals surface area contributed by atoms with Crippen molar-refractivity contribution in [3.8, 4) is 0 Å². The van der Waals surface area contributed by atoms with Gasteiger partial charge in [0.25, 0.3) is 5.91 Å². The van der Waals surface area contributed by atoms with Crippen molar-refractivity contribution in [3.63, 3.8) is 0 Å². The Hall–Kier alpha value is -1.81. The fourth-order valence-electron chi connectivity index (χ4n) is 3.05. The highest BCUT2D eigenvalue weighted by Gasteiger charge is 2.22. The van der Waals surface area contributed by atoms with Crippen LogP contribution in [-0.2, 0) is 0 Å². The first-order chi connectivity index (χ1) is 11.1. The SMILES string of the molecule is C=CCNc1ccccc1C(=O)N1CCCN(CC(C)C)CC1. The maximum absolute atomic E-state index is 12.9. The van der Waals surface area contributed by atoms with E-state index >= 15 is 0 Å². The highest BCUT2D eigenvalue weighted by atomic mass is 16.2. The molecule has 1 aromatic carbocycles. The molecule has 0 saturated carbocycles. The molecule has 1 aliphatic heterocycles. The minimum atomic E-state index is 0.128. The standard InChI is InChI=1S/C19H29N3O/c1-4-10-20-18-9-6-5-8-17(18)19(23)22-12-7-11-21(13-14-22)15-16(2)3/h4-6,8-9,16,20H,1,7,10-15H2,2-3H3. The summed E-state index contributed by atoms with van der Waals surface area (Å²) in [7, 11) is 0. The third-order valence-electron chi connectivity index (χ3n) is 4.09. The molecular formula is C19H29N3O. The Balaban J connectivity index is 2.04. The van der Waals surface area contributed by atoms with Crippen molar-refractivity contribution in [2.75, 3.05) is 44.6 Å². The smallest absolute Gasteiger partial charge is 0.255 e. The number of anilines is 1. The number of para-hydroxylation sites is 1. The first-order valence-corrected chi connectivity index (χ1v) is 8.57. The zero-order valence-corrected chi connectivity index (χ0v) is 14.4. The van der Waals surface area contributed by atoms with E-state index in [0.29, 0.717) is 12.5 Å². The number of carbonyl (C=O) groups is 1. The average molecular weight is 315 g/mol. The van der Waals surface area contributed by atoms with Crippen LogP contribution in [0.2, 0.25) is 0 Å². The molecule has 0 atom stereocenters. The first-order valence-electron chi connectivity index (χ1n) is 8.57. The molecule has 0 radical (unpaired) electrons. The number of nitrogens with zero attached hydrogens (tertiary/aromatic N) is 2. The van der Waals surface area contributed by atoms with Gasteiger partial charge in [-0.2, -0.15) is 0 Å². The number of hydrogen-bond donors (Lipinski definition) is 1. The van der Waals surface area contributed by atoms with Crippen molar-refractivity contribution < 1.29 is 4.79 Å². The molecule has 126 valence electrons. The van der Waals surface area contributed by atoms with E-state index in [1.165, 1.54) is 0 Å². The summed E-state index contributed by atoms with van der Waals surface area (Å²) in [6.07, 6.45) is 2.84. The third kappa shape index (κ3) is 5.10. The van der Waals surface area contributed by atoms with Crippen LogP contribution < -0.4 is 5.32 Å². The molecule has 0 aliphatic carbocycles. The number of nitrogens with one attached hydrogen (secondary N) is 1. The first kappa shape index (κ1) is 17.5. The van der Waals surface area contributed by atoms with Crippen molar-refractivity contribution >= 4 is 11.6 Å². The van der Waals surface area contributed by atoms with Crippen LogP contribution >= 0.6 is 0 Å². The summed E-state index contributed by atoms with van der Waals surface area (Å²) in [5.74, 6) is 0.796. The minimum absolute atomic E-state index is 0.128. The predicted molar refractivity (Wildman–Crippen MR) is 96.9 cm³/mol. The van der Waals surface area contributed by atoms with Crippen molar-refractivity contribution in [2.24, 2.45) is 5.92 Å². The van der Waals surface area contributed by atoms with E-state index in [-0.39, 0.29) is 5.91 Å². The second-order valence-electron chi connectivity index (χ2n) is 6.56. The topological polar surface area (TPSA) is 35.6 Å². The van der Waals surface area contributed by atoms with E-state index < -0.39 is 0 Å². The van der Waals surface area contributed by atoms with Crippen molar-refractivity contribution in [1.82, 2.24) is 9.80 Å². The van der Waals surface area contributed by atoms with Gasteiger partial charge in [-0.1, -0.05) is 32.1 Å². The van der Waals surface area contributed by atoms with Crippen molar-refractivity contribution in [2.45, 2.75) is 20.3 Å². The van der Waals surface area contributed by atoms with Gasteiger partial charge < -0.3 is 15.1 Å². The summed E-state index contributed by atoms with van der Waals surface area (Å²) in [6.45, 7) is 13.7. The fourth-order valence-corrected chi connectivity index (χ4v) is 3.05. The summed E-state index contributed by atoms with van der Waals surface area (Å²) in [5, 5.41) is 3.26.